The second kappa shape index (κ2) is 9.77. The Morgan fingerprint density at radius 3 is 2.16 bits per heavy atom. The fraction of sp³-hybridized carbons (Fsp3) is 0.833. The zero-order valence-corrected chi connectivity index (χ0v) is 12.6. The molecule has 3 atom stereocenters. The molecule has 3 unspecified atom stereocenters. The molecule has 0 heterocycles. The Bertz CT molecular complexity index is 323. The lowest BCUT2D eigenvalue weighted by atomic mass is 10.1. The number of carbonyl (C=O) groups excluding carboxylic acids is 1. The third-order valence-electron chi connectivity index (χ3n) is 2.62. The van der Waals surface area contributed by atoms with Gasteiger partial charge in [-0.05, 0) is 33.1 Å². The summed E-state index contributed by atoms with van der Waals surface area (Å²) in [6, 6.07) is -0.362. The number of rotatable bonds is 9. The molecule has 6 nitrogen and oxygen atoms in total. The summed E-state index contributed by atoms with van der Waals surface area (Å²) < 4.78 is 10.9. The van der Waals surface area contributed by atoms with Gasteiger partial charge in [-0.25, -0.2) is 4.79 Å². The lowest BCUT2D eigenvalue weighted by Gasteiger charge is -2.17. The van der Waals surface area contributed by atoms with E-state index in [1.54, 1.807) is 6.26 Å². The molecule has 0 spiro atoms. The van der Waals surface area contributed by atoms with Gasteiger partial charge in [0, 0.05) is 41.3 Å². The standard InChI is InChI=1S/C12H24N2O4S/c1-9(5-4-6-11(15)16)13-12(17)14-10(2)7-8-19(3)18/h9-10H,4-8H2,1-3H3,(H,15,16)(H2,13,14,17). The molecule has 0 rings (SSSR count). The summed E-state index contributed by atoms with van der Waals surface area (Å²) in [5, 5.41) is 14.0. The van der Waals surface area contributed by atoms with Gasteiger partial charge in [0.15, 0.2) is 0 Å². The van der Waals surface area contributed by atoms with Crippen LogP contribution >= 0.6 is 0 Å². The van der Waals surface area contributed by atoms with Crippen LogP contribution in [0.2, 0.25) is 0 Å². The molecule has 0 aromatic rings. The monoisotopic (exact) mass is 292 g/mol. The summed E-state index contributed by atoms with van der Waals surface area (Å²) in [6.07, 6.45) is 3.60. The van der Waals surface area contributed by atoms with Gasteiger partial charge in [-0.15, -0.1) is 0 Å². The number of aliphatic carboxylic acids is 1. The molecule has 0 fully saturated rings. The minimum Gasteiger partial charge on any atom is -0.481 e. The molecule has 0 aliphatic heterocycles. The number of amides is 2. The van der Waals surface area contributed by atoms with E-state index in [4.69, 9.17) is 5.11 Å². The number of urea groups is 1. The third-order valence-corrected chi connectivity index (χ3v) is 3.43. The van der Waals surface area contributed by atoms with Gasteiger partial charge in [-0.1, -0.05) is 0 Å². The molecule has 112 valence electrons. The molecule has 19 heavy (non-hydrogen) atoms. The number of carbonyl (C=O) groups is 2. The number of hydrogen-bond donors (Lipinski definition) is 3. The van der Waals surface area contributed by atoms with Crippen molar-refractivity contribution in [2.24, 2.45) is 0 Å². The normalized spacial score (nSPS) is 15.3. The molecule has 0 bridgehead atoms. The molecular weight excluding hydrogens is 268 g/mol. The van der Waals surface area contributed by atoms with Gasteiger partial charge < -0.3 is 15.7 Å². The molecule has 3 N–H and O–H groups in total. The summed E-state index contributed by atoms with van der Waals surface area (Å²) in [5.41, 5.74) is 0. The van der Waals surface area contributed by atoms with E-state index in [1.807, 2.05) is 13.8 Å². The van der Waals surface area contributed by atoms with Gasteiger partial charge in [0.25, 0.3) is 0 Å². The van der Waals surface area contributed by atoms with Gasteiger partial charge in [0.2, 0.25) is 0 Å². The maximum atomic E-state index is 11.6. The molecule has 2 amide bonds. The largest absolute Gasteiger partial charge is 0.481 e. The second-order valence-electron chi connectivity index (χ2n) is 4.77. The minimum absolute atomic E-state index is 0.0323. The molecule has 0 aliphatic carbocycles. The summed E-state index contributed by atoms with van der Waals surface area (Å²) in [7, 11) is -0.848. The molecule has 7 heteroatoms. The first-order valence-electron chi connectivity index (χ1n) is 6.40. The van der Waals surface area contributed by atoms with Crippen LogP contribution in [0.5, 0.6) is 0 Å². The predicted octanol–water partition coefficient (Wildman–Crippen LogP) is 1.09. The van der Waals surface area contributed by atoms with Gasteiger partial charge in [-0.2, -0.15) is 0 Å². The summed E-state index contributed by atoms with van der Waals surface area (Å²) in [4.78, 5) is 21.9. The van der Waals surface area contributed by atoms with E-state index < -0.39 is 16.8 Å². The lowest BCUT2D eigenvalue weighted by Crippen LogP contribution is -2.44. The summed E-state index contributed by atoms with van der Waals surface area (Å²) in [6.45, 7) is 3.70. The highest BCUT2D eigenvalue weighted by molar-refractivity contribution is 7.84. The van der Waals surface area contributed by atoms with Gasteiger partial charge in [0.05, 0.1) is 0 Å². The lowest BCUT2D eigenvalue weighted by molar-refractivity contribution is -0.137. The van der Waals surface area contributed by atoms with E-state index in [-0.39, 0.29) is 24.5 Å². The van der Waals surface area contributed by atoms with Crippen molar-refractivity contribution in [1.29, 1.82) is 0 Å². The highest BCUT2D eigenvalue weighted by Crippen LogP contribution is 2.00. The number of carboxylic acids is 1. The van der Waals surface area contributed by atoms with Crippen molar-refractivity contribution in [3.8, 4) is 0 Å². The fourth-order valence-electron chi connectivity index (χ4n) is 1.54. The molecule has 0 saturated heterocycles. The van der Waals surface area contributed by atoms with Crippen LogP contribution in [-0.2, 0) is 15.6 Å². The predicted molar refractivity (Wildman–Crippen MR) is 75.6 cm³/mol. The number of carboxylic acid groups (broad SMARTS) is 1. The smallest absolute Gasteiger partial charge is 0.315 e. The SMILES string of the molecule is CC(CCCC(=O)O)NC(=O)NC(C)CCS(C)=O. The van der Waals surface area contributed by atoms with E-state index in [0.29, 0.717) is 25.0 Å². The number of hydrogen-bond acceptors (Lipinski definition) is 3. The van der Waals surface area contributed by atoms with Crippen molar-refractivity contribution >= 4 is 22.8 Å². The van der Waals surface area contributed by atoms with Crippen molar-refractivity contribution in [3.63, 3.8) is 0 Å². The summed E-state index contributed by atoms with van der Waals surface area (Å²) in [5.74, 6) is -0.256. The van der Waals surface area contributed by atoms with Crippen LogP contribution in [0.3, 0.4) is 0 Å². The zero-order chi connectivity index (χ0) is 14.8. The highest BCUT2D eigenvalue weighted by Gasteiger charge is 2.11. The second-order valence-corrected chi connectivity index (χ2v) is 6.33. The van der Waals surface area contributed by atoms with Gasteiger partial charge in [-0.3, -0.25) is 9.00 Å². The van der Waals surface area contributed by atoms with E-state index in [2.05, 4.69) is 10.6 Å². The minimum atomic E-state index is -0.848. The molecule has 0 saturated carbocycles. The Morgan fingerprint density at radius 1 is 1.16 bits per heavy atom. The fourth-order valence-corrected chi connectivity index (χ4v) is 2.22. The first-order chi connectivity index (χ1) is 8.81. The molecule has 0 radical (unpaired) electrons. The zero-order valence-electron chi connectivity index (χ0n) is 11.8. The van der Waals surface area contributed by atoms with E-state index in [9.17, 15) is 13.8 Å². The van der Waals surface area contributed by atoms with Crippen LogP contribution in [-0.4, -0.2) is 45.4 Å². The Balaban J connectivity index is 3.77. The Labute approximate surface area is 116 Å². The van der Waals surface area contributed by atoms with Gasteiger partial charge in [0.1, 0.15) is 0 Å². The van der Waals surface area contributed by atoms with E-state index in [0.717, 1.165) is 0 Å². The Kier molecular flexibility index (Phi) is 9.20. The first kappa shape index (κ1) is 17.9. The van der Waals surface area contributed by atoms with Crippen LogP contribution in [0, 0.1) is 0 Å². The van der Waals surface area contributed by atoms with E-state index in [1.165, 1.54) is 0 Å². The number of nitrogens with one attached hydrogen (secondary N) is 2. The topological polar surface area (TPSA) is 95.5 Å². The van der Waals surface area contributed by atoms with Crippen LogP contribution < -0.4 is 10.6 Å². The van der Waals surface area contributed by atoms with Crippen LogP contribution in [0.15, 0.2) is 0 Å². The van der Waals surface area contributed by atoms with Crippen LogP contribution in [0.1, 0.15) is 39.5 Å². The summed E-state index contributed by atoms with van der Waals surface area (Å²) >= 11 is 0. The highest BCUT2D eigenvalue weighted by atomic mass is 32.2. The Hall–Kier alpha value is -1.11. The van der Waals surface area contributed by atoms with Crippen molar-refractivity contribution in [2.45, 2.75) is 51.6 Å². The molecule has 0 aromatic heterocycles. The molecule has 0 aromatic carbocycles. The first-order valence-corrected chi connectivity index (χ1v) is 8.12. The van der Waals surface area contributed by atoms with E-state index >= 15 is 0 Å². The van der Waals surface area contributed by atoms with Crippen molar-refractivity contribution < 1.29 is 18.9 Å². The van der Waals surface area contributed by atoms with Crippen molar-refractivity contribution in [3.05, 3.63) is 0 Å². The Morgan fingerprint density at radius 2 is 1.68 bits per heavy atom. The van der Waals surface area contributed by atoms with Gasteiger partial charge >= 0.3 is 12.0 Å². The maximum absolute atomic E-state index is 11.6. The third kappa shape index (κ3) is 11.7. The van der Waals surface area contributed by atoms with Crippen molar-refractivity contribution in [2.75, 3.05) is 12.0 Å². The van der Waals surface area contributed by atoms with Crippen molar-refractivity contribution in [1.82, 2.24) is 10.6 Å². The molecule has 0 aliphatic rings. The molecular formula is C12H24N2O4S. The van der Waals surface area contributed by atoms with Crippen LogP contribution in [0.25, 0.3) is 0 Å². The van der Waals surface area contributed by atoms with Crippen LogP contribution in [0.4, 0.5) is 4.79 Å². The average molecular weight is 292 g/mol. The maximum Gasteiger partial charge on any atom is 0.315 e. The quantitative estimate of drug-likeness (QED) is 0.592. The average Bonchev–Trinajstić information content (AvgIpc) is 2.25.